The second kappa shape index (κ2) is 7.94. The highest BCUT2D eigenvalue weighted by atomic mass is 32.2. The van der Waals surface area contributed by atoms with Gasteiger partial charge in [-0.25, -0.2) is 8.42 Å². The molecule has 10 heteroatoms. The highest BCUT2D eigenvalue weighted by Crippen LogP contribution is 2.36. The number of anilines is 1. The lowest BCUT2D eigenvalue weighted by atomic mass is 10.1. The Morgan fingerprint density at radius 3 is 2.40 bits per heavy atom. The van der Waals surface area contributed by atoms with E-state index in [0.717, 1.165) is 16.1 Å². The average molecular weight is 434 g/mol. The van der Waals surface area contributed by atoms with E-state index in [0.29, 0.717) is 41.9 Å². The molecule has 0 fully saturated rings. The topological polar surface area (TPSA) is 103 Å². The van der Waals surface area contributed by atoms with Gasteiger partial charge in [0, 0.05) is 6.07 Å². The second-order valence-corrected chi connectivity index (χ2v) is 8.91. The second-order valence-electron chi connectivity index (χ2n) is 7.00. The van der Waals surface area contributed by atoms with Crippen molar-refractivity contribution >= 4 is 21.6 Å². The first kappa shape index (κ1) is 20.1. The van der Waals surface area contributed by atoms with Crippen LogP contribution >= 0.6 is 0 Å². The number of rotatable bonds is 6. The Labute approximate surface area is 174 Å². The molecule has 0 radical (unpaired) electrons. The summed E-state index contributed by atoms with van der Waals surface area (Å²) in [6.45, 7) is 2.49. The number of benzene rings is 2. The zero-order valence-electron chi connectivity index (χ0n) is 16.6. The third-order valence-electron chi connectivity index (χ3n) is 4.78. The van der Waals surface area contributed by atoms with Gasteiger partial charge in [-0.2, -0.15) is 0 Å². The van der Waals surface area contributed by atoms with Crippen molar-refractivity contribution in [2.75, 3.05) is 37.1 Å². The molecule has 0 bridgehead atoms. The molecule has 4 rings (SSSR count). The summed E-state index contributed by atoms with van der Waals surface area (Å²) < 4.78 is 47.3. The number of carbonyl (C=O) groups excluding carboxylic acids is 1. The van der Waals surface area contributed by atoms with Crippen LogP contribution in [0.1, 0.15) is 18.5 Å². The van der Waals surface area contributed by atoms with E-state index in [-0.39, 0.29) is 19.4 Å². The molecule has 0 aromatic heterocycles. The van der Waals surface area contributed by atoms with Crippen molar-refractivity contribution in [1.82, 2.24) is 5.32 Å². The van der Waals surface area contributed by atoms with Crippen molar-refractivity contribution in [2.45, 2.75) is 13.0 Å². The molecule has 9 nitrogen and oxygen atoms in total. The van der Waals surface area contributed by atoms with Gasteiger partial charge in [-0.15, -0.1) is 0 Å². The minimum absolute atomic E-state index is 0.0746. The summed E-state index contributed by atoms with van der Waals surface area (Å²) in [7, 11) is -3.70. The number of sulfonamides is 1. The van der Waals surface area contributed by atoms with E-state index in [1.807, 2.05) is 19.1 Å². The van der Waals surface area contributed by atoms with Crippen LogP contribution in [-0.2, 0) is 14.8 Å². The van der Waals surface area contributed by atoms with Crippen LogP contribution in [0.4, 0.5) is 5.69 Å². The van der Waals surface area contributed by atoms with Gasteiger partial charge in [0.15, 0.2) is 23.0 Å². The van der Waals surface area contributed by atoms with Gasteiger partial charge in [-0.05, 0) is 36.8 Å². The van der Waals surface area contributed by atoms with E-state index < -0.39 is 15.9 Å². The van der Waals surface area contributed by atoms with Gasteiger partial charge in [0.05, 0.1) is 18.0 Å². The zero-order chi connectivity index (χ0) is 21.3. The Morgan fingerprint density at radius 1 is 1.00 bits per heavy atom. The highest BCUT2D eigenvalue weighted by molar-refractivity contribution is 7.92. The number of hydrogen-bond donors (Lipinski definition) is 1. The van der Waals surface area contributed by atoms with Gasteiger partial charge in [-0.3, -0.25) is 9.10 Å². The van der Waals surface area contributed by atoms with Gasteiger partial charge in [0.2, 0.25) is 22.7 Å². The van der Waals surface area contributed by atoms with E-state index in [2.05, 4.69) is 5.32 Å². The van der Waals surface area contributed by atoms with Crippen molar-refractivity contribution in [1.29, 1.82) is 0 Å². The third kappa shape index (κ3) is 4.23. The maximum absolute atomic E-state index is 12.7. The van der Waals surface area contributed by atoms with Crippen LogP contribution in [0, 0.1) is 0 Å². The number of amides is 1. The van der Waals surface area contributed by atoms with Crippen molar-refractivity contribution in [3.63, 3.8) is 0 Å². The maximum Gasteiger partial charge on any atom is 0.241 e. The van der Waals surface area contributed by atoms with Gasteiger partial charge in [-0.1, -0.05) is 6.07 Å². The molecule has 2 aromatic carbocycles. The summed E-state index contributed by atoms with van der Waals surface area (Å²) in [6, 6.07) is 9.82. The monoisotopic (exact) mass is 434 g/mol. The fraction of sp³-hybridized carbons (Fsp3) is 0.350. The van der Waals surface area contributed by atoms with Gasteiger partial charge in [0.25, 0.3) is 0 Å². The predicted molar refractivity (Wildman–Crippen MR) is 109 cm³/mol. The normalized spacial score (nSPS) is 15.4. The summed E-state index contributed by atoms with van der Waals surface area (Å²) in [4.78, 5) is 12.7. The van der Waals surface area contributed by atoms with Crippen molar-refractivity contribution < 1.29 is 32.2 Å². The molecule has 30 heavy (non-hydrogen) atoms. The molecule has 0 aliphatic carbocycles. The van der Waals surface area contributed by atoms with Crippen molar-refractivity contribution in [2.24, 2.45) is 0 Å². The van der Waals surface area contributed by atoms with Crippen LogP contribution in [0.2, 0.25) is 0 Å². The molecule has 1 N–H and O–H groups in total. The van der Waals surface area contributed by atoms with Gasteiger partial charge < -0.3 is 24.3 Å². The Balaban J connectivity index is 1.48. The number of nitrogens with zero attached hydrogens (tertiary/aromatic N) is 1. The Hall–Kier alpha value is -3.14. The summed E-state index contributed by atoms with van der Waals surface area (Å²) in [5, 5.41) is 2.83. The fourth-order valence-corrected chi connectivity index (χ4v) is 4.12. The van der Waals surface area contributed by atoms with Gasteiger partial charge >= 0.3 is 0 Å². The number of nitrogens with one attached hydrogen (secondary N) is 1. The predicted octanol–water partition coefficient (Wildman–Crippen LogP) is 1.83. The molecule has 0 unspecified atom stereocenters. The van der Waals surface area contributed by atoms with E-state index in [1.165, 1.54) is 0 Å². The molecule has 1 amide bonds. The highest BCUT2D eigenvalue weighted by Gasteiger charge is 2.25. The summed E-state index contributed by atoms with van der Waals surface area (Å²) >= 11 is 0. The third-order valence-corrected chi connectivity index (χ3v) is 5.92. The number of hydrogen-bond acceptors (Lipinski definition) is 7. The molecule has 160 valence electrons. The summed E-state index contributed by atoms with van der Waals surface area (Å²) in [5.41, 5.74) is 1.14. The van der Waals surface area contributed by atoms with Crippen molar-refractivity contribution in [3.05, 3.63) is 42.0 Å². The Bertz CT molecular complexity index is 1070. The molecule has 2 aliphatic heterocycles. The molecule has 0 spiro atoms. The Morgan fingerprint density at radius 2 is 1.63 bits per heavy atom. The quantitative estimate of drug-likeness (QED) is 0.740. The van der Waals surface area contributed by atoms with E-state index in [1.54, 1.807) is 24.3 Å². The lowest BCUT2D eigenvalue weighted by molar-refractivity contribution is -0.120. The molecule has 2 aromatic rings. The summed E-state index contributed by atoms with van der Waals surface area (Å²) in [5.74, 6) is 1.81. The first-order valence-corrected chi connectivity index (χ1v) is 11.2. The van der Waals surface area contributed by atoms with Crippen LogP contribution in [-0.4, -0.2) is 47.1 Å². The molecular weight excluding hydrogens is 412 g/mol. The molecule has 1 atom stereocenters. The minimum Gasteiger partial charge on any atom is -0.486 e. The molecule has 0 saturated heterocycles. The lowest BCUT2D eigenvalue weighted by Crippen LogP contribution is -2.41. The van der Waals surface area contributed by atoms with Gasteiger partial charge in [0.1, 0.15) is 19.8 Å². The van der Waals surface area contributed by atoms with Crippen LogP contribution in [0.3, 0.4) is 0 Å². The molecular formula is C20H22N2O7S. The number of fused-ring (bicyclic) bond motifs is 2. The fourth-order valence-electron chi connectivity index (χ4n) is 3.27. The molecule has 0 saturated carbocycles. The van der Waals surface area contributed by atoms with Crippen LogP contribution in [0.25, 0.3) is 0 Å². The first-order chi connectivity index (χ1) is 14.3. The van der Waals surface area contributed by atoms with E-state index in [4.69, 9.17) is 18.9 Å². The Kier molecular flexibility index (Phi) is 5.33. The summed E-state index contributed by atoms with van der Waals surface area (Å²) in [6.07, 6.45) is 1.05. The smallest absolute Gasteiger partial charge is 0.241 e. The SMILES string of the molecule is C[C@@H](NC(=O)CN(c1ccc2c(c1)OCO2)S(C)(=O)=O)c1ccc2c(c1)OCCO2. The van der Waals surface area contributed by atoms with Crippen LogP contribution in [0.15, 0.2) is 36.4 Å². The number of carbonyl (C=O) groups is 1. The average Bonchev–Trinajstić information content (AvgIpc) is 3.18. The van der Waals surface area contributed by atoms with E-state index in [9.17, 15) is 13.2 Å². The first-order valence-electron chi connectivity index (χ1n) is 9.37. The largest absolute Gasteiger partial charge is 0.486 e. The number of ether oxygens (including phenoxy) is 4. The lowest BCUT2D eigenvalue weighted by Gasteiger charge is -2.24. The molecule has 2 heterocycles. The van der Waals surface area contributed by atoms with Crippen LogP contribution < -0.4 is 28.6 Å². The zero-order valence-corrected chi connectivity index (χ0v) is 17.4. The maximum atomic E-state index is 12.7. The van der Waals surface area contributed by atoms with Crippen LogP contribution in [0.5, 0.6) is 23.0 Å². The van der Waals surface area contributed by atoms with Crippen molar-refractivity contribution in [3.8, 4) is 23.0 Å². The molecule has 2 aliphatic rings. The standard InChI is InChI=1S/C20H22N2O7S/c1-13(14-3-5-16-18(9-14)27-8-7-26-16)21-20(23)11-22(30(2,24)25)15-4-6-17-19(10-15)29-12-28-17/h3-6,9-10,13H,7-8,11-12H2,1-2H3,(H,21,23)/t13-/m1/s1. The van der Waals surface area contributed by atoms with E-state index >= 15 is 0 Å². The minimum atomic E-state index is -3.70.